The summed E-state index contributed by atoms with van der Waals surface area (Å²) in [7, 11) is 0. The minimum absolute atomic E-state index is 0.0987. The number of nitrogens with one attached hydrogen (secondary N) is 1. The Hall–Kier alpha value is -1.91. The quantitative estimate of drug-likeness (QED) is 0.847. The summed E-state index contributed by atoms with van der Waals surface area (Å²) in [5, 5.41) is 0. The summed E-state index contributed by atoms with van der Waals surface area (Å²) in [5.41, 5.74) is -0.218. The normalized spacial score (nSPS) is 17.7. The molecular formula is C16H23N3O2. The van der Waals surface area contributed by atoms with E-state index in [0.29, 0.717) is 12.4 Å². The summed E-state index contributed by atoms with van der Waals surface area (Å²) in [6.45, 7) is 6.60. The zero-order valence-electron chi connectivity index (χ0n) is 12.9. The summed E-state index contributed by atoms with van der Waals surface area (Å²) in [4.78, 5) is 33.3. The largest absolute Gasteiger partial charge is 0.328 e. The molecule has 0 aliphatic carbocycles. The molecule has 0 bridgehead atoms. The van der Waals surface area contributed by atoms with E-state index in [0.717, 1.165) is 19.3 Å². The Labute approximate surface area is 125 Å². The molecule has 5 nitrogen and oxygen atoms in total. The second kappa shape index (κ2) is 6.70. The van der Waals surface area contributed by atoms with Gasteiger partial charge in [0.25, 0.3) is 11.5 Å². The molecule has 1 unspecified atom stereocenters. The Morgan fingerprint density at radius 2 is 2.29 bits per heavy atom. The third kappa shape index (κ3) is 3.40. The lowest BCUT2D eigenvalue weighted by molar-refractivity contribution is 0.0741. The highest BCUT2D eigenvalue weighted by Gasteiger charge is 2.27. The summed E-state index contributed by atoms with van der Waals surface area (Å²) >= 11 is 0. The van der Waals surface area contributed by atoms with Crippen LogP contribution in [-0.4, -0.2) is 33.4 Å². The fourth-order valence-corrected chi connectivity index (χ4v) is 2.48. The van der Waals surface area contributed by atoms with Crippen molar-refractivity contribution in [2.45, 2.75) is 52.0 Å². The van der Waals surface area contributed by atoms with Crippen LogP contribution in [-0.2, 0) is 0 Å². The summed E-state index contributed by atoms with van der Waals surface area (Å²) in [6, 6.07) is 0.0987. The Kier molecular flexibility index (Phi) is 4.94. The first-order valence-electron chi connectivity index (χ1n) is 7.61. The van der Waals surface area contributed by atoms with Gasteiger partial charge in [-0.15, -0.1) is 0 Å². The highest BCUT2D eigenvalue weighted by molar-refractivity contribution is 5.94. The maximum atomic E-state index is 12.5. The third-order valence-electron chi connectivity index (χ3n) is 3.77. The second-order valence-corrected chi connectivity index (χ2v) is 5.76. The second-order valence-electron chi connectivity index (χ2n) is 5.76. The molecule has 5 heteroatoms. The number of amides is 1. The van der Waals surface area contributed by atoms with Crippen LogP contribution in [0.4, 0.5) is 0 Å². The molecule has 1 atom stereocenters. The van der Waals surface area contributed by atoms with Crippen molar-refractivity contribution in [3.63, 3.8) is 0 Å². The SMILES string of the molecule is CCCCC1C=CCN1C(=O)c1cnc(C(C)C)[nH]c1=O. The van der Waals surface area contributed by atoms with Gasteiger partial charge in [-0.25, -0.2) is 4.98 Å². The predicted molar refractivity (Wildman–Crippen MR) is 82.4 cm³/mol. The first-order valence-corrected chi connectivity index (χ1v) is 7.61. The number of hydrogen-bond donors (Lipinski definition) is 1. The average molecular weight is 289 g/mol. The molecule has 1 aromatic heterocycles. The Bertz CT molecular complexity index is 589. The molecule has 0 fully saturated rings. The topological polar surface area (TPSA) is 66.1 Å². The first kappa shape index (κ1) is 15.5. The van der Waals surface area contributed by atoms with E-state index in [4.69, 9.17) is 0 Å². The van der Waals surface area contributed by atoms with Crippen LogP contribution in [0, 0.1) is 0 Å². The van der Waals surface area contributed by atoms with Crippen molar-refractivity contribution in [1.29, 1.82) is 0 Å². The third-order valence-corrected chi connectivity index (χ3v) is 3.77. The molecule has 0 saturated heterocycles. The Morgan fingerprint density at radius 1 is 1.52 bits per heavy atom. The van der Waals surface area contributed by atoms with E-state index in [-0.39, 0.29) is 29.0 Å². The molecule has 114 valence electrons. The summed E-state index contributed by atoms with van der Waals surface area (Å²) in [5.74, 6) is 0.511. The lowest BCUT2D eigenvalue weighted by atomic mass is 10.1. The number of nitrogens with zero attached hydrogens (tertiary/aromatic N) is 2. The lowest BCUT2D eigenvalue weighted by Gasteiger charge is -2.24. The maximum Gasteiger partial charge on any atom is 0.263 e. The number of aromatic amines is 1. The van der Waals surface area contributed by atoms with Gasteiger partial charge in [0.2, 0.25) is 0 Å². The minimum Gasteiger partial charge on any atom is -0.328 e. The van der Waals surface area contributed by atoms with E-state index in [2.05, 4.69) is 23.0 Å². The number of rotatable bonds is 5. The summed E-state index contributed by atoms with van der Waals surface area (Å²) in [6.07, 6.45) is 8.55. The van der Waals surface area contributed by atoms with E-state index >= 15 is 0 Å². The van der Waals surface area contributed by atoms with Gasteiger partial charge >= 0.3 is 0 Å². The zero-order valence-corrected chi connectivity index (χ0v) is 12.9. The van der Waals surface area contributed by atoms with Gasteiger partial charge in [0.15, 0.2) is 0 Å². The number of H-pyrrole nitrogens is 1. The smallest absolute Gasteiger partial charge is 0.263 e. The molecule has 1 aliphatic heterocycles. The minimum atomic E-state index is -0.347. The van der Waals surface area contributed by atoms with Gasteiger partial charge in [-0.2, -0.15) is 0 Å². The van der Waals surface area contributed by atoms with E-state index in [1.807, 2.05) is 19.9 Å². The van der Waals surface area contributed by atoms with Crippen LogP contribution < -0.4 is 5.56 Å². The molecule has 0 spiro atoms. The standard InChI is InChI=1S/C16H23N3O2/c1-4-5-7-12-8-6-9-19(12)16(21)13-10-17-14(11(2)3)18-15(13)20/h6,8,10-12H,4-5,7,9H2,1-3H3,(H,17,18,20). The monoisotopic (exact) mass is 289 g/mol. The van der Waals surface area contributed by atoms with Crippen LogP contribution in [0.15, 0.2) is 23.1 Å². The predicted octanol–water partition coefficient (Wildman–Crippen LogP) is 2.46. The number of hydrogen-bond acceptors (Lipinski definition) is 3. The Morgan fingerprint density at radius 3 is 2.90 bits per heavy atom. The fraction of sp³-hybridized carbons (Fsp3) is 0.562. The Balaban J connectivity index is 2.18. The van der Waals surface area contributed by atoms with Crippen molar-refractivity contribution >= 4 is 5.91 Å². The lowest BCUT2D eigenvalue weighted by Crippen LogP contribution is -2.39. The van der Waals surface area contributed by atoms with Crippen molar-refractivity contribution in [2.75, 3.05) is 6.54 Å². The first-order chi connectivity index (χ1) is 10.0. The maximum absolute atomic E-state index is 12.5. The highest BCUT2D eigenvalue weighted by Crippen LogP contribution is 2.18. The van der Waals surface area contributed by atoms with Gasteiger partial charge in [-0.05, 0) is 6.42 Å². The van der Waals surface area contributed by atoms with Gasteiger partial charge in [0, 0.05) is 18.7 Å². The molecule has 0 aromatic carbocycles. The van der Waals surface area contributed by atoms with Crippen LogP contribution in [0.25, 0.3) is 0 Å². The van der Waals surface area contributed by atoms with Gasteiger partial charge < -0.3 is 9.88 Å². The molecule has 0 radical (unpaired) electrons. The zero-order chi connectivity index (χ0) is 15.4. The number of unbranched alkanes of at least 4 members (excludes halogenated alkanes) is 1. The van der Waals surface area contributed by atoms with Crippen LogP contribution in [0.5, 0.6) is 0 Å². The summed E-state index contributed by atoms with van der Waals surface area (Å²) < 4.78 is 0. The van der Waals surface area contributed by atoms with E-state index < -0.39 is 0 Å². The molecule has 21 heavy (non-hydrogen) atoms. The highest BCUT2D eigenvalue weighted by atomic mass is 16.2. The van der Waals surface area contributed by atoms with E-state index in [1.165, 1.54) is 6.20 Å². The van der Waals surface area contributed by atoms with Crippen molar-refractivity contribution in [1.82, 2.24) is 14.9 Å². The molecule has 1 aromatic rings. The van der Waals surface area contributed by atoms with Gasteiger partial charge in [0.05, 0.1) is 6.04 Å². The van der Waals surface area contributed by atoms with Crippen LogP contribution in [0.2, 0.25) is 0 Å². The van der Waals surface area contributed by atoms with Crippen LogP contribution >= 0.6 is 0 Å². The van der Waals surface area contributed by atoms with Gasteiger partial charge in [-0.1, -0.05) is 45.8 Å². The molecule has 2 rings (SSSR count). The molecule has 1 N–H and O–H groups in total. The van der Waals surface area contributed by atoms with E-state index in [9.17, 15) is 9.59 Å². The molecular weight excluding hydrogens is 266 g/mol. The number of carbonyl (C=O) groups excluding carboxylic acids is 1. The van der Waals surface area contributed by atoms with Gasteiger partial charge in [-0.3, -0.25) is 9.59 Å². The van der Waals surface area contributed by atoms with Crippen molar-refractivity contribution in [3.05, 3.63) is 40.1 Å². The number of aromatic nitrogens is 2. The van der Waals surface area contributed by atoms with Crippen molar-refractivity contribution in [2.24, 2.45) is 0 Å². The fourth-order valence-electron chi connectivity index (χ4n) is 2.48. The van der Waals surface area contributed by atoms with Crippen LogP contribution in [0.3, 0.4) is 0 Å². The van der Waals surface area contributed by atoms with Crippen molar-refractivity contribution < 1.29 is 4.79 Å². The number of carbonyl (C=O) groups is 1. The molecule has 1 aliphatic rings. The molecule has 1 amide bonds. The van der Waals surface area contributed by atoms with E-state index in [1.54, 1.807) is 4.90 Å². The average Bonchev–Trinajstić information content (AvgIpc) is 2.92. The van der Waals surface area contributed by atoms with Crippen molar-refractivity contribution in [3.8, 4) is 0 Å². The molecule has 2 heterocycles. The van der Waals surface area contributed by atoms with Crippen LogP contribution in [0.1, 0.15) is 62.1 Å². The van der Waals surface area contributed by atoms with Gasteiger partial charge in [0.1, 0.15) is 11.4 Å². The molecule has 0 saturated carbocycles.